The smallest absolute Gasteiger partial charge is 0.268 e. The van der Waals surface area contributed by atoms with Crippen molar-refractivity contribution in [2.24, 2.45) is 7.05 Å². The Morgan fingerprint density at radius 2 is 1.74 bits per heavy atom. The zero-order valence-electron chi connectivity index (χ0n) is 13.9. The van der Waals surface area contributed by atoms with E-state index >= 15 is 0 Å². The second-order valence-corrected chi connectivity index (χ2v) is 6.94. The van der Waals surface area contributed by atoms with Gasteiger partial charge < -0.3 is 15.2 Å². The number of aromatic nitrogens is 1. The molecule has 0 aliphatic carbocycles. The maximum absolute atomic E-state index is 12.5. The molecule has 0 saturated carbocycles. The van der Waals surface area contributed by atoms with Crippen LogP contribution in [0.1, 0.15) is 31.3 Å². The number of hydrogen-bond donors (Lipinski definition) is 2. The van der Waals surface area contributed by atoms with Crippen LogP contribution in [-0.4, -0.2) is 55.3 Å². The summed E-state index contributed by atoms with van der Waals surface area (Å²) in [5.41, 5.74) is 0.249. The summed E-state index contributed by atoms with van der Waals surface area (Å²) in [6.07, 6.45) is 1.43. The summed E-state index contributed by atoms with van der Waals surface area (Å²) < 4.78 is 27.7. The molecule has 1 heterocycles. The van der Waals surface area contributed by atoms with Crippen LogP contribution in [0, 0.1) is 0 Å². The van der Waals surface area contributed by atoms with Crippen LogP contribution in [0.15, 0.2) is 17.2 Å². The fourth-order valence-corrected chi connectivity index (χ4v) is 3.65. The monoisotopic (exact) mass is 344 g/mol. The lowest BCUT2D eigenvalue weighted by molar-refractivity contribution is -0.118. The minimum absolute atomic E-state index is 0.0933. The van der Waals surface area contributed by atoms with Crippen molar-refractivity contribution in [1.29, 1.82) is 0 Å². The Morgan fingerprint density at radius 3 is 2.26 bits per heavy atom. The molecule has 1 aromatic rings. The van der Waals surface area contributed by atoms with Crippen molar-refractivity contribution in [3.05, 3.63) is 18.0 Å². The lowest BCUT2D eigenvalue weighted by atomic mass is 10.4. The third kappa shape index (κ3) is 4.80. The minimum atomic E-state index is -3.60. The van der Waals surface area contributed by atoms with Gasteiger partial charge in [-0.25, -0.2) is 8.42 Å². The summed E-state index contributed by atoms with van der Waals surface area (Å²) in [5, 5.41) is 5.20. The predicted molar refractivity (Wildman–Crippen MR) is 86.5 cm³/mol. The van der Waals surface area contributed by atoms with Gasteiger partial charge in [0.25, 0.3) is 5.91 Å². The standard InChI is InChI=1S/C14H24N4O4S/c1-5-18(6-2)23(21,22)12-9-13(17(4)10-12)14(20)16-8-7-15-11(3)19/h9-10H,5-8H2,1-4H3,(H,15,19)(H,16,20). The number of rotatable bonds is 8. The van der Waals surface area contributed by atoms with Gasteiger partial charge in [-0.15, -0.1) is 0 Å². The highest BCUT2D eigenvalue weighted by Gasteiger charge is 2.25. The molecule has 130 valence electrons. The van der Waals surface area contributed by atoms with E-state index in [-0.39, 0.29) is 28.9 Å². The van der Waals surface area contributed by atoms with Crippen LogP contribution in [0.5, 0.6) is 0 Å². The van der Waals surface area contributed by atoms with E-state index in [4.69, 9.17) is 0 Å². The molecule has 0 atom stereocenters. The quantitative estimate of drug-likeness (QED) is 0.644. The summed E-state index contributed by atoms with van der Waals surface area (Å²) in [6, 6.07) is 1.36. The number of nitrogens with one attached hydrogen (secondary N) is 2. The van der Waals surface area contributed by atoms with E-state index in [1.807, 2.05) is 0 Å². The summed E-state index contributed by atoms with van der Waals surface area (Å²) in [5.74, 6) is -0.565. The topological polar surface area (TPSA) is 101 Å². The van der Waals surface area contributed by atoms with Gasteiger partial charge in [0.1, 0.15) is 10.6 Å². The van der Waals surface area contributed by atoms with Crippen molar-refractivity contribution in [2.45, 2.75) is 25.7 Å². The lowest BCUT2D eigenvalue weighted by Crippen LogP contribution is -2.34. The molecule has 1 rings (SSSR count). The molecule has 1 aromatic heterocycles. The van der Waals surface area contributed by atoms with Crippen LogP contribution < -0.4 is 10.6 Å². The van der Waals surface area contributed by atoms with Crippen LogP contribution in [0.25, 0.3) is 0 Å². The first-order chi connectivity index (χ1) is 10.7. The fraction of sp³-hybridized carbons (Fsp3) is 0.571. The lowest BCUT2D eigenvalue weighted by Gasteiger charge is -2.17. The average Bonchev–Trinajstić information content (AvgIpc) is 2.87. The Balaban J connectivity index is 2.86. The first-order valence-corrected chi connectivity index (χ1v) is 8.87. The molecular formula is C14H24N4O4S. The Hall–Kier alpha value is -1.87. The molecule has 8 nitrogen and oxygen atoms in total. The first-order valence-electron chi connectivity index (χ1n) is 7.43. The minimum Gasteiger partial charge on any atom is -0.355 e. The highest BCUT2D eigenvalue weighted by atomic mass is 32.2. The van der Waals surface area contributed by atoms with Gasteiger partial charge >= 0.3 is 0 Å². The van der Waals surface area contributed by atoms with Gasteiger partial charge in [0.2, 0.25) is 15.9 Å². The highest BCUT2D eigenvalue weighted by molar-refractivity contribution is 7.89. The SMILES string of the molecule is CCN(CC)S(=O)(=O)c1cc(C(=O)NCCNC(C)=O)n(C)c1. The Bertz CT molecular complexity index is 662. The van der Waals surface area contributed by atoms with Gasteiger partial charge in [-0.2, -0.15) is 4.31 Å². The number of carbonyl (C=O) groups is 2. The summed E-state index contributed by atoms with van der Waals surface area (Å²) in [4.78, 5) is 22.9. The van der Waals surface area contributed by atoms with E-state index in [1.54, 1.807) is 20.9 Å². The van der Waals surface area contributed by atoms with Crippen LogP contribution in [0.4, 0.5) is 0 Å². The Labute approximate surface area is 136 Å². The zero-order valence-corrected chi connectivity index (χ0v) is 14.7. The van der Waals surface area contributed by atoms with Crippen molar-refractivity contribution in [3.8, 4) is 0 Å². The first kappa shape index (κ1) is 19.2. The van der Waals surface area contributed by atoms with E-state index in [2.05, 4.69) is 10.6 Å². The van der Waals surface area contributed by atoms with E-state index in [9.17, 15) is 18.0 Å². The van der Waals surface area contributed by atoms with E-state index in [1.165, 1.54) is 28.1 Å². The van der Waals surface area contributed by atoms with E-state index in [0.29, 0.717) is 19.6 Å². The summed E-state index contributed by atoms with van der Waals surface area (Å²) in [7, 11) is -1.98. The van der Waals surface area contributed by atoms with Gasteiger partial charge in [0, 0.05) is 46.3 Å². The number of sulfonamides is 1. The maximum Gasteiger partial charge on any atom is 0.268 e. The molecule has 0 unspecified atom stereocenters. The van der Waals surface area contributed by atoms with Crippen LogP contribution in [-0.2, 0) is 21.9 Å². The number of amides is 2. The van der Waals surface area contributed by atoms with Crippen molar-refractivity contribution in [2.75, 3.05) is 26.2 Å². The average molecular weight is 344 g/mol. The molecule has 0 aromatic carbocycles. The molecule has 0 aliphatic rings. The molecule has 9 heteroatoms. The Morgan fingerprint density at radius 1 is 1.17 bits per heavy atom. The normalized spacial score (nSPS) is 11.5. The molecule has 0 aliphatic heterocycles. The molecule has 2 amide bonds. The molecule has 0 fully saturated rings. The second-order valence-electron chi connectivity index (χ2n) is 5.00. The van der Waals surface area contributed by atoms with Gasteiger partial charge in [0.15, 0.2) is 0 Å². The molecule has 0 saturated heterocycles. The van der Waals surface area contributed by atoms with Crippen molar-refractivity contribution < 1.29 is 18.0 Å². The van der Waals surface area contributed by atoms with Gasteiger partial charge in [-0.05, 0) is 6.07 Å². The van der Waals surface area contributed by atoms with Crippen LogP contribution >= 0.6 is 0 Å². The van der Waals surface area contributed by atoms with Crippen molar-refractivity contribution >= 4 is 21.8 Å². The summed E-state index contributed by atoms with van der Waals surface area (Å²) in [6.45, 7) is 6.23. The third-order valence-corrected chi connectivity index (χ3v) is 5.36. The fourth-order valence-electron chi connectivity index (χ4n) is 2.12. The van der Waals surface area contributed by atoms with Gasteiger partial charge in [-0.1, -0.05) is 13.8 Å². The molecular weight excluding hydrogens is 320 g/mol. The maximum atomic E-state index is 12.5. The number of nitrogens with zero attached hydrogens (tertiary/aromatic N) is 2. The molecule has 0 spiro atoms. The number of carbonyl (C=O) groups excluding carboxylic acids is 2. The number of hydrogen-bond acceptors (Lipinski definition) is 4. The molecule has 0 bridgehead atoms. The Kier molecular flexibility index (Phi) is 6.77. The highest BCUT2D eigenvalue weighted by Crippen LogP contribution is 2.18. The predicted octanol–water partition coefficient (Wildman–Crippen LogP) is -0.0785. The van der Waals surface area contributed by atoms with Crippen molar-refractivity contribution in [1.82, 2.24) is 19.5 Å². The number of aryl methyl sites for hydroxylation is 1. The molecule has 2 N–H and O–H groups in total. The van der Waals surface area contributed by atoms with E-state index in [0.717, 1.165) is 0 Å². The largest absolute Gasteiger partial charge is 0.355 e. The second kappa shape index (κ2) is 8.11. The molecule has 23 heavy (non-hydrogen) atoms. The third-order valence-electron chi connectivity index (χ3n) is 3.34. The van der Waals surface area contributed by atoms with Crippen LogP contribution in [0.3, 0.4) is 0 Å². The van der Waals surface area contributed by atoms with Gasteiger partial charge in [0.05, 0.1) is 0 Å². The molecule has 0 radical (unpaired) electrons. The van der Waals surface area contributed by atoms with Crippen LogP contribution in [0.2, 0.25) is 0 Å². The summed E-state index contributed by atoms with van der Waals surface area (Å²) >= 11 is 0. The van der Waals surface area contributed by atoms with E-state index < -0.39 is 10.0 Å². The van der Waals surface area contributed by atoms with Gasteiger partial charge in [-0.3, -0.25) is 9.59 Å². The van der Waals surface area contributed by atoms with Crippen molar-refractivity contribution in [3.63, 3.8) is 0 Å². The zero-order chi connectivity index (χ0) is 17.6.